The highest BCUT2D eigenvalue weighted by molar-refractivity contribution is 5.93. The first kappa shape index (κ1) is 20.8. The third-order valence-electron chi connectivity index (χ3n) is 5.94. The number of anilines is 1. The summed E-state index contributed by atoms with van der Waals surface area (Å²) in [5, 5.41) is 6.14. The summed E-state index contributed by atoms with van der Waals surface area (Å²) in [7, 11) is 0. The van der Waals surface area contributed by atoms with E-state index in [-0.39, 0.29) is 23.7 Å². The van der Waals surface area contributed by atoms with Crippen molar-refractivity contribution in [2.45, 2.75) is 39.5 Å². The lowest BCUT2D eigenvalue weighted by atomic mass is 9.81. The summed E-state index contributed by atoms with van der Waals surface area (Å²) >= 11 is 0. The van der Waals surface area contributed by atoms with Crippen LogP contribution in [0.2, 0.25) is 0 Å². The highest BCUT2D eigenvalue weighted by Gasteiger charge is 2.30. The number of carbonyl (C=O) groups excluding carboxylic acids is 2. The molecule has 1 saturated heterocycles. The van der Waals surface area contributed by atoms with Crippen LogP contribution in [0.5, 0.6) is 0 Å². The van der Waals surface area contributed by atoms with Crippen molar-refractivity contribution in [3.05, 3.63) is 29.3 Å². The fraction of sp³-hybridized carbons (Fsp3) is 0.636. The minimum Gasteiger partial charge on any atom is -0.379 e. The summed E-state index contributed by atoms with van der Waals surface area (Å²) in [6.07, 6.45) is 3.12. The van der Waals surface area contributed by atoms with Crippen LogP contribution in [0.25, 0.3) is 0 Å². The number of carbonyl (C=O) groups is 2. The Balaban J connectivity index is 1.38. The molecule has 0 radical (unpaired) electrons. The molecule has 2 fully saturated rings. The maximum absolute atomic E-state index is 12.6. The molecule has 3 rings (SSSR count). The molecule has 0 aromatic heterocycles. The van der Waals surface area contributed by atoms with E-state index in [9.17, 15) is 9.59 Å². The monoisotopic (exact) mass is 387 g/mol. The van der Waals surface area contributed by atoms with Crippen LogP contribution in [0.1, 0.15) is 36.8 Å². The van der Waals surface area contributed by atoms with Crippen LogP contribution in [0.3, 0.4) is 0 Å². The van der Waals surface area contributed by atoms with Gasteiger partial charge in [-0.1, -0.05) is 17.7 Å². The maximum Gasteiger partial charge on any atom is 0.227 e. The summed E-state index contributed by atoms with van der Waals surface area (Å²) in [5.74, 6) is 0.257. The second-order valence-corrected chi connectivity index (χ2v) is 8.10. The number of nitrogens with one attached hydrogen (secondary N) is 2. The van der Waals surface area contributed by atoms with Crippen molar-refractivity contribution >= 4 is 17.5 Å². The molecular weight excluding hydrogens is 354 g/mol. The third kappa shape index (κ3) is 5.79. The number of hydrogen-bond acceptors (Lipinski definition) is 4. The Morgan fingerprint density at radius 3 is 2.32 bits per heavy atom. The molecule has 0 atom stereocenters. The van der Waals surface area contributed by atoms with Gasteiger partial charge in [0.1, 0.15) is 0 Å². The number of aryl methyl sites for hydroxylation is 2. The fourth-order valence-corrected chi connectivity index (χ4v) is 4.11. The summed E-state index contributed by atoms with van der Waals surface area (Å²) in [4.78, 5) is 27.3. The molecule has 1 aliphatic carbocycles. The van der Waals surface area contributed by atoms with Gasteiger partial charge >= 0.3 is 0 Å². The Kier molecular flexibility index (Phi) is 7.45. The number of morpholine rings is 1. The van der Waals surface area contributed by atoms with Gasteiger partial charge in [0.05, 0.1) is 13.2 Å². The molecule has 28 heavy (non-hydrogen) atoms. The first-order valence-corrected chi connectivity index (χ1v) is 10.5. The predicted molar refractivity (Wildman–Crippen MR) is 110 cm³/mol. The smallest absolute Gasteiger partial charge is 0.227 e. The van der Waals surface area contributed by atoms with Gasteiger partial charge in [-0.2, -0.15) is 0 Å². The Morgan fingerprint density at radius 1 is 1.04 bits per heavy atom. The van der Waals surface area contributed by atoms with E-state index in [2.05, 4.69) is 21.6 Å². The van der Waals surface area contributed by atoms with Gasteiger partial charge in [0.25, 0.3) is 0 Å². The number of amides is 2. The normalized spacial score (nSPS) is 23.2. The molecule has 1 aromatic rings. The Bertz CT molecular complexity index is 678. The molecule has 0 bridgehead atoms. The number of benzene rings is 1. The van der Waals surface area contributed by atoms with Crippen molar-refractivity contribution in [1.29, 1.82) is 0 Å². The summed E-state index contributed by atoms with van der Waals surface area (Å²) in [6.45, 7) is 9.07. The third-order valence-corrected chi connectivity index (χ3v) is 5.94. The molecular formula is C22H33N3O3. The number of ether oxygens (including phenoxy) is 1. The number of nitrogens with zero attached hydrogens (tertiary/aromatic N) is 1. The van der Waals surface area contributed by atoms with E-state index in [4.69, 9.17) is 4.74 Å². The van der Waals surface area contributed by atoms with E-state index < -0.39 is 0 Å². The molecule has 2 amide bonds. The minimum atomic E-state index is -0.00176. The lowest BCUT2D eigenvalue weighted by molar-refractivity contribution is -0.128. The predicted octanol–water partition coefficient (Wildman–Crippen LogP) is 2.50. The molecule has 0 spiro atoms. The molecule has 0 unspecified atom stereocenters. The Labute approximate surface area is 168 Å². The Hall–Kier alpha value is -1.92. The minimum absolute atomic E-state index is 0.00176. The van der Waals surface area contributed by atoms with Crippen LogP contribution in [-0.4, -0.2) is 56.1 Å². The largest absolute Gasteiger partial charge is 0.379 e. The van der Waals surface area contributed by atoms with E-state index in [1.165, 1.54) is 5.56 Å². The van der Waals surface area contributed by atoms with Crippen LogP contribution in [0.4, 0.5) is 5.69 Å². The molecule has 1 saturated carbocycles. The first-order valence-electron chi connectivity index (χ1n) is 10.5. The summed E-state index contributed by atoms with van der Waals surface area (Å²) in [6, 6.07) is 6.06. The molecule has 6 heteroatoms. The van der Waals surface area contributed by atoms with Gasteiger partial charge in [-0.15, -0.1) is 0 Å². The van der Waals surface area contributed by atoms with Gasteiger partial charge < -0.3 is 15.4 Å². The van der Waals surface area contributed by atoms with Crippen molar-refractivity contribution in [2.75, 3.05) is 44.7 Å². The van der Waals surface area contributed by atoms with Crippen LogP contribution in [0, 0.1) is 25.7 Å². The van der Waals surface area contributed by atoms with Crippen molar-refractivity contribution in [3.8, 4) is 0 Å². The second kappa shape index (κ2) is 10.0. The van der Waals surface area contributed by atoms with E-state index in [1.54, 1.807) is 0 Å². The van der Waals surface area contributed by atoms with Crippen molar-refractivity contribution in [3.63, 3.8) is 0 Å². The lowest BCUT2D eigenvalue weighted by Gasteiger charge is -2.29. The number of hydrogen-bond donors (Lipinski definition) is 2. The van der Waals surface area contributed by atoms with Gasteiger partial charge in [0, 0.05) is 43.7 Å². The van der Waals surface area contributed by atoms with Crippen molar-refractivity contribution in [1.82, 2.24) is 10.2 Å². The van der Waals surface area contributed by atoms with Gasteiger partial charge in [-0.25, -0.2) is 0 Å². The second-order valence-electron chi connectivity index (χ2n) is 8.10. The van der Waals surface area contributed by atoms with Crippen LogP contribution < -0.4 is 10.6 Å². The van der Waals surface area contributed by atoms with E-state index in [0.717, 1.165) is 69.8 Å². The highest BCUT2D eigenvalue weighted by Crippen LogP contribution is 2.30. The first-order chi connectivity index (χ1) is 13.5. The zero-order valence-corrected chi connectivity index (χ0v) is 17.1. The average Bonchev–Trinajstić information content (AvgIpc) is 2.71. The standard InChI is InChI=1S/C22H33N3O3/c1-16-3-8-20(17(2)15-16)24-22(27)19-6-4-18(5-7-19)21(26)23-9-10-25-11-13-28-14-12-25/h3,8,15,18-19H,4-7,9-14H2,1-2H3,(H,23,26)(H,24,27). The van der Waals surface area contributed by atoms with Crippen LogP contribution >= 0.6 is 0 Å². The summed E-state index contributed by atoms with van der Waals surface area (Å²) in [5.41, 5.74) is 3.16. The topological polar surface area (TPSA) is 70.7 Å². The van der Waals surface area contributed by atoms with Gasteiger partial charge in [0.15, 0.2) is 0 Å². The van der Waals surface area contributed by atoms with E-state index in [1.807, 2.05) is 26.0 Å². The van der Waals surface area contributed by atoms with E-state index >= 15 is 0 Å². The molecule has 1 aromatic carbocycles. The van der Waals surface area contributed by atoms with Gasteiger partial charge in [0.2, 0.25) is 11.8 Å². The van der Waals surface area contributed by atoms with Crippen molar-refractivity contribution < 1.29 is 14.3 Å². The lowest BCUT2D eigenvalue weighted by Crippen LogP contribution is -2.43. The quantitative estimate of drug-likeness (QED) is 0.787. The molecule has 1 aliphatic heterocycles. The van der Waals surface area contributed by atoms with Gasteiger partial charge in [-0.05, 0) is 51.2 Å². The maximum atomic E-state index is 12.6. The molecule has 6 nitrogen and oxygen atoms in total. The summed E-state index contributed by atoms with van der Waals surface area (Å²) < 4.78 is 5.34. The molecule has 2 aliphatic rings. The van der Waals surface area contributed by atoms with Crippen LogP contribution in [0.15, 0.2) is 18.2 Å². The fourth-order valence-electron chi connectivity index (χ4n) is 4.11. The van der Waals surface area contributed by atoms with Crippen molar-refractivity contribution in [2.24, 2.45) is 11.8 Å². The molecule has 154 valence electrons. The Morgan fingerprint density at radius 2 is 1.68 bits per heavy atom. The van der Waals surface area contributed by atoms with Crippen LogP contribution in [-0.2, 0) is 14.3 Å². The zero-order valence-electron chi connectivity index (χ0n) is 17.1. The average molecular weight is 388 g/mol. The SMILES string of the molecule is Cc1ccc(NC(=O)C2CCC(C(=O)NCCN3CCOCC3)CC2)c(C)c1. The highest BCUT2D eigenvalue weighted by atomic mass is 16.5. The molecule has 1 heterocycles. The zero-order chi connectivity index (χ0) is 19.9. The van der Waals surface area contributed by atoms with E-state index in [0.29, 0.717) is 6.54 Å². The number of rotatable bonds is 6. The molecule has 2 N–H and O–H groups in total. The van der Waals surface area contributed by atoms with Gasteiger partial charge in [-0.3, -0.25) is 14.5 Å².